The fourth-order valence-electron chi connectivity index (χ4n) is 3.14. The monoisotopic (exact) mass is 317 g/mol. The van der Waals surface area contributed by atoms with Gasteiger partial charge in [-0.1, -0.05) is 13.0 Å². The molecule has 0 aromatic carbocycles. The van der Waals surface area contributed by atoms with E-state index in [1.165, 1.54) is 0 Å². The highest BCUT2D eigenvalue weighted by atomic mass is 16.5. The fourth-order valence-corrected chi connectivity index (χ4v) is 3.14. The van der Waals surface area contributed by atoms with Crippen LogP contribution in [0.4, 0.5) is 0 Å². The van der Waals surface area contributed by atoms with Gasteiger partial charge in [0.05, 0.1) is 13.2 Å². The molecule has 3 heterocycles. The summed E-state index contributed by atoms with van der Waals surface area (Å²) < 4.78 is 5.26. The van der Waals surface area contributed by atoms with Gasteiger partial charge in [0.15, 0.2) is 0 Å². The second-order valence-electron chi connectivity index (χ2n) is 6.31. The number of nitrogens with zero attached hydrogens (tertiary/aromatic N) is 3. The highest BCUT2D eigenvalue weighted by molar-refractivity contribution is 5.96. The van der Waals surface area contributed by atoms with E-state index < -0.39 is 0 Å². The number of hydrogen-bond donors (Lipinski definition) is 0. The zero-order chi connectivity index (χ0) is 16.2. The number of aromatic nitrogens is 1. The minimum atomic E-state index is -0.130. The van der Waals surface area contributed by atoms with Gasteiger partial charge in [-0.05, 0) is 30.9 Å². The summed E-state index contributed by atoms with van der Waals surface area (Å²) in [4.78, 5) is 33.0. The predicted molar refractivity (Wildman–Crippen MR) is 85.3 cm³/mol. The summed E-state index contributed by atoms with van der Waals surface area (Å²) in [6.45, 7) is 5.94. The third-order valence-corrected chi connectivity index (χ3v) is 4.43. The first-order chi connectivity index (χ1) is 11.1. The molecule has 1 unspecified atom stereocenters. The third-order valence-electron chi connectivity index (χ3n) is 4.43. The first kappa shape index (κ1) is 15.9. The molecule has 2 fully saturated rings. The molecule has 0 spiro atoms. The van der Waals surface area contributed by atoms with E-state index in [9.17, 15) is 9.59 Å². The maximum atomic E-state index is 12.6. The second-order valence-corrected chi connectivity index (χ2v) is 6.31. The van der Waals surface area contributed by atoms with Crippen molar-refractivity contribution in [3.63, 3.8) is 0 Å². The van der Waals surface area contributed by atoms with E-state index >= 15 is 0 Å². The Kier molecular flexibility index (Phi) is 4.91. The number of morpholine rings is 1. The van der Waals surface area contributed by atoms with Crippen LogP contribution in [-0.2, 0) is 4.74 Å². The Balaban J connectivity index is 1.73. The zero-order valence-corrected chi connectivity index (χ0v) is 13.5. The van der Waals surface area contributed by atoms with Crippen molar-refractivity contribution < 1.29 is 14.3 Å². The lowest BCUT2D eigenvalue weighted by Crippen LogP contribution is -2.41. The van der Waals surface area contributed by atoms with Crippen LogP contribution in [0.25, 0.3) is 0 Å². The standard InChI is InChI=1S/C17H23N3O3/c1-13-4-3-7-20(12-13)17(22)15-6-2-5-14(18-15)16(21)19-8-10-23-11-9-19/h2,5-6,13H,3-4,7-12H2,1H3. The van der Waals surface area contributed by atoms with Gasteiger partial charge in [-0.2, -0.15) is 0 Å². The van der Waals surface area contributed by atoms with Crippen molar-refractivity contribution in [3.05, 3.63) is 29.6 Å². The van der Waals surface area contributed by atoms with Crippen molar-refractivity contribution >= 4 is 11.8 Å². The summed E-state index contributed by atoms with van der Waals surface area (Å²) in [7, 11) is 0. The number of ether oxygens (including phenoxy) is 1. The summed E-state index contributed by atoms with van der Waals surface area (Å²) in [6, 6.07) is 5.10. The summed E-state index contributed by atoms with van der Waals surface area (Å²) in [5.74, 6) is 0.314. The van der Waals surface area contributed by atoms with Crippen molar-refractivity contribution in [2.75, 3.05) is 39.4 Å². The molecule has 1 aromatic rings. The minimum Gasteiger partial charge on any atom is -0.378 e. The third kappa shape index (κ3) is 3.69. The molecule has 1 atom stereocenters. The van der Waals surface area contributed by atoms with Crippen molar-refractivity contribution in [2.45, 2.75) is 19.8 Å². The molecule has 1 aromatic heterocycles. The Morgan fingerprint density at radius 3 is 2.39 bits per heavy atom. The van der Waals surface area contributed by atoms with Gasteiger partial charge in [0.2, 0.25) is 0 Å². The molecule has 2 aliphatic rings. The van der Waals surface area contributed by atoms with E-state index in [0.717, 1.165) is 25.9 Å². The molecular formula is C17H23N3O3. The van der Waals surface area contributed by atoms with Crippen LogP contribution < -0.4 is 0 Å². The number of carbonyl (C=O) groups excluding carboxylic acids is 2. The second kappa shape index (κ2) is 7.08. The van der Waals surface area contributed by atoms with Gasteiger partial charge in [-0.15, -0.1) is 0 Å². The van der Waals surface area contributed by atoms with Crippen LogP contribution in [0.5, 0.6) is 0 Å². The van der Waals surface area contributed by atoms with E-state index in [4.69, 9.17) is 4.74 Å². The van der Waals surface area contributed by atoms with E-state index in [0.29, 0.717) is 43.6 Å². The van der Waals surface area contributed by atoms with Crippen molar-refractivity contribution in [3.8, 4) is 0 Å². The lowest BCUT2D eigenvalue weighted by molar-refractivity contribution is 0.0299. The zero-order valence-electron chi connectivity index (χ0n) is 13.5. The molecule has 2 amide bonds. The normalized spacial score (nSPS) is 22.0. The smallest absolute Gasteiger partial charge is 0.272 e. The Morgan fingerprint density at radius 1 is 1.09 bits per heavy atom. The highest BCUT2D eigenvalue weighted by Crippen LogP contribution is 2.17. The Bertz CT molecular complexity index is 584. The maximum absolute atomic E-state index is 12.6. The van der Waals surface area contributed by atoms with E-state index in [-0.39, 0.29) is 11.8 Å². The van der Waals surface area contributed by atoms with Crippen LogP contribution >= 0.6 is 0 Å². The number of pyridine rings is 1. The van der Waals surface area contributed by atoms with Crippen LogP contribution in [0.15, 0.2) is 18.2 Å². The Hall–Kier alpha value is -1.95. The van der Waals surface area contributed by atoms with Crippen LogP contribution in [-0.4, -0.2) is 66.0 Å². The quantitative estimate of drug-likeness (QED) is 0.828. The fraction of sp³-hybridized carbons (Fsp3) is 0.588. The molecule has 3 rings (SSSR count). The molecular weight excluding hydrogens is 294 g/mol. The Labute approximate surface area is 136 Å². The summed E-state index contributed by atoms with van der Waals surface area (Å²) in [5, 5.41) is 0. The highest BCUT2D eigenvalue weighted by Gasteiger charge is 2.25. The number of hydrogen-bond acceptors (Lipinski definition) is 4. The van der Waals surface area contributed by atoms with Gasteiger partial charge in [-0.3, -0.25) is 9.59 Å². The molecule has 0 aliphatic carbocycles. The molecule has 23 heavy (non-hydrogen) atoms. The lowest BCUT2D eigenvalue weighted by Gasteiger charge is -2.30. The maximum Gasteiger partial charge on any atom is 0.272 e. The van der Waals surface area contributed by atoms with Gasteiger partial charge in [-0.25, -0.2) is 4.98 Å². The van der Waals surface area contributed by atoms with E-state index in [2.05, 4.69) is 11.9 Å². The van der Waals surface area contributed by atoms with Gasteiger partial charge in [0.1, 0.15) is 11.4 Å². The molecule has 6 nitrogen and oxygen atoms in total. The van der Waals surface area contributed by atoms with Gasteiger partial charge >= 0.3 is 0 Å². The largest absolute Gasteiger partial charge is 0.378 e. The van der Waals surface area contributed by atoms with Crippen LogP contribution in [0, 0.1) is 5.92 Å². The Morgan fingerprint density at radius 2 is 1.74 bits per heavy atom. The summed E-state index contributed by atoms with van der Waals surface area (Å²) >= 11 is 0. The van der Waals surface area contributed by atoms with E-state index in [1.807, 2.05) is 4.90 Å². The molecule has 6 heteroatoms. The topological polar surface area (TPSA) is 62.7 Å². The molecule has 2 aliphatic heterocycles. The van der Waals surface area contributed by atoms with Crippen molar-refractivity contribution in [2.24, 2.45) is 5.92 Å². The number of amides is 2. The van der Waals surface area contributed by atoms with Crippen LogP contribution in [0.2, 0.25) is 0 Å². The van der Waals surface area contributed by atoms with Gasteiger partial charge < -0.3 is 14.5 Å². The average molecular weight is 317 g/mol. The predicted octanol–water partition coefficient (Wildman–Crippen LogP) is 1.43. The molecule has 0 radical (unpaired) electrons. The minimum absolute atomic E-state index is 0.0758. The van der Waals surface area contributed by atoms with Gasteiger partial charge in [0, 0.05) is 26.2 Å². The summed E-state index contributed by atoms with van der Waals surface area (Å²) in [6.07, 6.45) is 2.19. The van der Waals surface area contributed by atoms with Crippen LogP contribution in [0.1, 0.15) is 40.7 Å². The molecule has 0 bridgehead atoms. The molecule has 0 saturated carbocycles. The number of likely N-dealkylation sites (tertiary alicyclic amines) is 1. The van der Waals surface area contributed by atoms with Crippen molar-refractivity contribution in [1.82, 2.24) is 14.8 Å². The average Bonchev–Trinajstić information content (AvgIpc) is 2.61. The first-order valence-electron chi connectivity index (χ1n) is 8.28. The molecule has 124 valence electrons. The number of piperidine rings is 1. The number of rotatable bonds is 2. The molecule has 2 saturated heterocycles. The van der Waals surface area contributed by atoms with E-state index in [1.54, 1.807) is 23.1 Å². The number of carbonyl (C=O) groups is 2. The SMILES string of the molecule is CC1CCCN(C(=O)c2cccc(C(=O)N3CCOCC3)n2)C1. The first-order valence-corrected chi connectivity index (χ1v) is 8.28. The van der Waals surface area contributed by atoms with Crippen LogP contribution in [0.3, 0.4) is 0 Å². The van der Waals surface area contributed by atoms with Crippen molar-refractivity contribution in [1.29, 1.82) is 0 Å². The molecule has 0 N–H and O–H groups in total. The summed E-state index contributed by atoms with van der Waals surface area (Å²) in [5.41, 5.74) is 0.695. The van der Waals surface area contributed by atoms with Gasteiger partial charge in [0.25, 0.3) is 11.8 Å². The lowest BCUT2D eigenvalue weighted by atomic mass is 10.00.